The molecule has 5 nitrogen and oxygen atoms in total. The molecule has 1 atom stereocenters. The second-order valence-corrected chi connectivity index (χ2v) is 5.40. The molecule has 0 fully saturated rings. The largest absolute Gasteiger partial charge is 0.385 e. The fourth-order valence-electron chi connectivity index (χ4n) is 1.09. The first-order valence-electron chi connectivity index (χ1n) is 4.45. The molecule has 0 aromatic heterocycles. The molecule has 0 rings (SSSR count). The molecule has 0 aliphatic rings. The fraction of sp³-hybridized carbons (Fsp3) is 1.00. The van der Waals surface area contributed by atoms with Gasteiger partial charge in [-0.15, -0.1) is 0 Å². The molecule has 0 amide bonds. The molecule has 0 aromatic rings. The van der Waals surface area contributed by atoms with Crippen molar-refractivity contribution in [3.63, 3.8) is 0 Å². The minimum absolute atomic E-state index is 0.0233. The van der Waals surface area contributed by atoms with Crippen LogP contribution in [0.2, 0.25) is 0 Å². The topological polar surface area (TPSA) is 78.6 Å². The van der Waals surface area contributed by atoms with Crippen LogP contribution >= 0.6 is 0 Å². The van der Waals surface area contributed by atoms with Gasteiger partial charge in [-0.2, -0.15) is 0 Å². The van der Waals surface area contributed by atoms with E-state index in [0.717, 1.165) is 0 Å². The second kappa shape index (κ2) is 7.17. The predicted octanol–water partition coefficient (Wildman–Crippen LogP) is -0.589. The van der Waals surface area contributed by atoms with Gasteiger partial charge in [0.05, 0.1) is 18.1 Å². The Morgan fingerprint density at radius 3 is 2.43 bits per heavy atom. The number of rotatable bonds is 8. The highest BCUT2D eigenvalue weighted by Crippen LogP contribution is 1.97. The van der Waals surface area contributed by atoms with Gasteiger partial charge in [-0.1, -0.05) is 0 Å². The van der Waals surface area contributed by atoms with Crippen LogP contribution in [-0.4, -0.2) is 53.4 Å². The van der Waals surface area contributed by atoms with Crippen molar-refractivity contribution in [2.24, 2.45) is 5.73 Å². The van der Waals surface area contributed by atoms with Crippen molar-refractivity contribution in [3.05, 3.63) is 0 Å². The van der Waals surface area contributed by atoms with Crippen LogP contribution in [-0.2, 0) is 19.3 Å². The normalized spacial score (nSPS) is 14.2. The van der Waals surface area contributed by atoms with Crippen molar-refractivity contribution in [2.45, 2.75) is 12.5 Å². The number of ether oxygens (including phenoxy) is 2. The minimum Gasteiger partial charge on any atom is -0.385 e. The van der Waals surface area contributed by atoms with Gasteiger partial charge in [0.15, 0.2) is 9.84 Å². The lowest BCUT2D eigenvalue weighted by Gasteiger charge is -2.10. The zero-order chi connectivity index (χ0) is 11.0. The third-order valence-corrected chi connectivity index (χ3v) is 3.50. The molecule has 0 saturated heterocycles. The molecule has 0 bridgehead atoms. The van der Waals surface area contributed by atoms with Crippen LogP contribution in [0.25, 0.3) is 0 Å². The number of methoxy groups -OCH3 is 2. The Balaban J connectivity index is 3.82. The average Bonchev–Trinajstić information content (AvgIpc) is 2.03. The first kappa shape index (κ1) is 13.8. The highest BCUT2D eigenvalue weighted by Gasteiger charge is 2.15. The van der Waals surface area contributed by atoms with Crippen molar-refractivity contribution in [3.8, 4) is 0 Å². The van der Waals surface area contributed by atoms with Crippen LogP contribution in [0.4, 0.5) is 0 Å². The quantitative estimate of drug-likeness (QED) is 0.559. The molecular weight excluding hydrogens is 206 g/mol. The summed E-state index contributed by atoms with van der Waals surface area (Å²) in [4.78, 5) is 0. The first-order valence-corrected chi connectivity index (χ1v) is 6.28. The van der Waals surface area contributed by atoms with Crippen molar-refractivity contribution >= 4 is 9.84 Å². The first-order chi connectivity index (χ1) is 6.52. The van der Waals surface area contributed by atoms with E-state index in [9.17, 15) is 8.42 Å². The molecule has 14 heavy (non-hydrogen) atoms. The molecule has 0 saturated carbocycles. The smallest absolute Gasteiger partial charge is 0.152 e. The van der Waals surface area contributed by atoms with E-state index in [1.807, 2.05) is 0 Å². The van der Waals surface area contributed by atoms with Crippen molar-refractivity contribution in [1.82, 2.24) is 0 Å². The van der Waals surface area contributed by atoms with Crippen LogP contribution < -0.4 is 5.73 Å². The Bertz CT molecular complexity index is 227. The molecular formula is C8H19NO4S. The standard InChI is InChI=1S/C8H19NO4S/c1-12-4-3-5-14(10,11)7-8(9)6-13-2/h8H,3-7,9H2,1-2H3. The maximum absolute atomic E-state index is 11.4. The fourth-order valence-corrected chi connectivity index (χ4v) is 2.57. The van der Waals surface area contributed by atoms with E-state index in [1.54, 1.807) is 7.11 Å². The summed E-state index contributed by atoms with van der Waals surface area (Å²) in [6.07, 6.45) is 0.512. The lowest BCUT2D eigenvalue weighted by atomic mass is 10.4. The molecule has 0 aliphatic carbocycles. The van der Waals surface area contributed by atoms with Gasteiger partial charge < -0.3 is 15.2 Å². The van der Waals surface area contributed by atoms with E-state index in [-0.39, 0.29) is 18.1 Å². The molecule has 0 aromatic carbocycles. The van der Waals surface area contributed by atoms with E-state index in [4.69, 9.17) is 15.2 Å². The summed E-state index contributed by atoms with van der Waals surface area (Å²) in [5.74, 6) is 0.100. The molecule has 0 spiro atoms. The maximum atomic E-state index is 11.4. The summed E-state index contributed by atoms with van der Waals surface area (Å²) >= 11 is 0. The highest BCUT2D eigenvalue weighted by molar-refractivity contribution is 7.91. The third-order valence-electron chi connectivity index (χ3n) is 1.65. The van der Waals surface area contributed by atoms with E-state index in [2.05, 4.69) is 0 Å². The van der Waals surface area contributed by atoms with E-state index < -0.39 is 15.9 Å². The van der Waals surface area contributed by atoms with Gasteiger partial charge in [-0.05, 0) is 6.42 Å². The van der Waals surface area contributed by atoms with Crippen LogP contribution in [0.3, 0.4) is 0 Å². The Kier molecular flexibility index (Phi) is 7.08. The van der Waals surface area contributed by atoms with Gasteiger partial charge in [0, 0.05) is 26.9 Å². The van der Waals surface area contributed by atoms with Gasteiger partial charge in [-0.25, -0.2) is 8.42 Å². The van der Waals surface area contributed by atoms with Crippen molar-refractivity contribution in [1.29, 1.82) is 0 Å². The number of sulfone groups is 1. The summed E-state index contributed by atoms with van der Waals surface area (Å²) < 4.78 is 32.3. The second-order valence-electron chi connectivity index (χ2n) is 3.18. The molecule has 1 unspecified atom stereocenters. The Hall–Kier alpha value is -0.170. The lowest BCUT2D eigenvalue weighted by Crippen LogP contribution is -2.34. The van der Waals surface area contributed by atoms with Crippen LogP contribution in [0.15, 0.2) is 0 Å². The number of hydrogen-bond acceptors (Lipinski definition) is 5. The summed E-state index contributed by atoms with van der Waals surface area (Å²) in [7, 11) is -0.0179. The van der Waals surface area contributed by atoms with E-state index >= 15 is 0 Å². The monoisotopic (exact) mass is 225 g/mol. The predicted molar refractivity (Wildman–Crippen MR) is 55.0 cm³/mol. The lowest BCUT2D eigenvalue weighted by molar-refractivity contribution is 0.185. The summed E-state index contributed by atoms with van der Waals surface area (Å²) in [6, 6.07) is -0.437. The van der Waals surface area contributed by atoms with Gasteiger partial charge in [0.1, 0.15) is 0 Å². The van der Waals surface area contributed by atoms with Crippen LogP contribution in [0.5, 0.6) is 0 Å². The van der Waals surface area contributed by atoms with E-state index in [1.165, 1.54) is 7.11 Å². The van der Waals surface area contributed by atoms with Crippen LogP contribution in [0, 0.1) is 0 Å². The third kappa shape index (κ3) is 7.25. The van der Waals surface area contributed by atoms with E-state index in [0.29, 0.717) is 13.0 Å². The average molecular weight is 225 g/mol. The zero-order valence-corrected chi connectivity index (χ0v) is 9.55. The van der Waals surface area contributed by atoms with Gasteiger partial charge in [0.2, 0.25) is 0 Å². The Labute approximate surface area is 85.5 Å². The zero-order valence-electron chi connectivity index (χ0n) is 8.73. The molecule has 0 heterocycles. The Morgan fingerprint density at radius 1 is 1.29 bits per heavy atom. The molecule has 0 radical (unpaired) electrons. The number of hydrogen-bond donors (Lipinski definition) is 1. The van der Waals surface area contributed by atoms with Gasteiger partial charge in [0.25, 0.3) is 0 Å². The van der Waals surface area contributed by atoms with Crippen molar-refractivity contribution < 1.29 is 17.9 Å². The minimum atomic E-state index is -3.06. The molecule has 86 valence electrons. The SMILES string of the molecule is COCCCS(=O)(=O)CC(N)COC. The van der Waals surface area contributed by atoms with Crippen molar-refractivity contribution in [2.75, 3.05) is 38.9 Å². The summed E-state index contributed by atoms with van der Waals surface area (Å²) in [5.41, 5.74) is 5.54. The van der Waals surface area contributed by atoms with Gasteiger partial charge >= 0.3 is 0 Å². The van der Waals surface area contributed by atoms with Crippen LogP contribution in [0.1, 0.15) is 6.42 Å². The maximum Gasteiger partial charge on any atom is 0.152 e. The number of nitrogens with two attached hydrogens (primary N) is 1. The molecule has 6 heteroatoms. The van der Waals surface area contributed by atoms with Gasteiger partial charge in [-0.3, -0.25) is 0 Å². The summed E-state index contributed by atoms with van der Waals surface area (Å²) in [6.45, 7) is 0.724. The highest BCUT2D eigenvalue weighted by atomic mass is 32.2. The molecule has 2 N–H and O–H groups in total. The Morgan fingerprint density at radius 2 is 1.93 bits per heavy atom. The molecule has 0 aliphatic heterocycles. The summed E-state index contributed by atoms with van der Waals surface area (Å²) in [5, 5.41) is 0.